The lowest BCUT2D eigenvalue weighted by Gasteiger charge is -2.35. The van der Waals surface area contributed by atoms with Crippen LogP contribution in [0.3, 0.4) is 0 Å². The molecule has 1 saturated heterocycles. The molecule has 0 saturated carbocycles. The van der Waals surface area contributed by atoms with Gasteiger partial charge in [0.25, 0.3) is 5.91 Å². The van der Waals surface area contributed by atoms with Gasteiger partial charge in [0, 0.05) is 25.0 Å². The lowest BCUT2D eigenvalue weighted by Crippen LogP contribution is -2.40. The molecule has 1 unspecified atom stereocenters. The van der Waals surface area contributed by atoms with E-state index in [1.165, 1.54) is 24.9 Å². The van der Waals surface area contributed by atoms with Crippen LogP contribution in [-0.4, -0.2) is 28.5 Å². The van der Waals surface area contributed by atoms with E-state index in [-0.39, 0.29) is 5.56 Å². The highest BCUT2D eigenvalue weighted by atomic mass is 19.1. The molecule has 0 spiro atoms. The second kappa shape index (κ2) is 7.55. The first-order chi connectivity index (χ1) is 12.1. The third-order valence-corrected chi connectivity index (χ3v) is 4.46. The van der Waals surface area contributed by atoms with E-state index in [2.05, 4.69) is 27.1 Å². The average molecular weight is 346 g/mol. The van der Waals surface area contributed by atoms with Crippen molar-refractivity contribution >= 4 is 17.5 Å². The molecule has 1 aromatic carbocycles. The van der Waals surface area contributed by atoms with Gasteiger partial charge in [0.15, 0.2) is 0 Å². The van der Waals surface area contributed by atoms with Crippen molar-refractivity contribution in [3.05, 3.63) is 47.8 Å². The molecule has 1 aliphatic heterocycles. The number of halogens is 2. The number of carbonyl (C=O) groups excluding carboxylic acids is 1. The van der Waals surface area contributed by atoms with Crippen LogP contribution in [0.2, 0.25) is 0 Å². The first-order valence-electron chi connectivity index (χ1n) is 8.44. The van der Waals surface area contributed by atoms with Crippen molar-refractivity contribution in [2.24, 2.45) is 0 Å². The molecule has 5 nitrogen and oxygen atoms in total. The smallest absolute Gasteiger partial charge is 0.258 e. The SMILES string of the molecule is CCC1CCCCN1c1ncc(C(=O)Nc2c(F)cccc2F)cn1. The van der Waals surface area contributed by atoms with E-state index in [9.17, 15) is 13.6 Å². The number of benzene rings is 1. The molecule has 7 heteroatoms. The minimum Gasteiger partial charge on any atom is -0.338 e. The number of hydrogen-bond acceptors (Lipinski definition) is 4. The van der Waals surface area contributed by atoms with Gasteiger partial charge in [-0.05, 0) is 37.8 Å². The maximum absolute atomic E-state index is 13.6. The summed E-state index contributed by atoms with van der Waals surface area (Å²) in [7, 11) is 0. The van der Waals surface area contributed by atoms with Gasteiger partial charge in [-0.3, -0.25) is 4.79 Å². The molecular formula is C18H20F2N4O. The Balaban J connectivity index is 1.74. The molecule has 1 atom stereocenters. The number of anilines is 2. The van der Waals surface area contributed by atoms with Crippen molar-refractivity contribution in [1.29, 1.82) is 0 Å². The third kappa shape index (κ3) is 3.75. The van der Waals surface area contributed by atoms with E-state index in [4.69, 9.17) is 0 Å². The topological polar surface area (TPSA) is 58.1 Å². The van der Waals surface area contributed by atoms with E-state index in [0.29, 0.717) is 12.0 Å². The lowest BCUT2D eigenvalue weighted by molar-refractivity contribution is 0.102. The van der Waals surface area contributed by atoms with Gasteiger partial charge in [0.2, 0.25) is 5.95 Å². The minimum atomic E-state index is -0.829. The summed E-state index contributed by atoms with van der Waals surface area (Å²) in [6, 6.07) is 3.81. The molecule has 0 bridgehead atoms. The van der Waals surface area contributed by atoms with Crippen LogP contribution >= 0.6 is 0 Å². The van der Waals surface area contributed by atoms with E-state index < -0.39 is 23.2 Å². The number of piperidine rings is 1. The van der Waals surface area contributed by atoms with E-state index in [1.807, 2.05) is 0 Å². The minimum absolute atomic E-state index is 0.150. The van der Waals surface area contributed by atoms with Crippen molar-refractivity contribution < 1.29 is 13.6 Å². The highest BCUT2D eigenvalue weighted by Gasteiger charge is 2.23. The predicted octanol–water partition coefficient (Wildman–Crippen LogP) is 3.78. The van der Waals surface area contributed by atoms with Gasteiger partial charge in [0.1, 0.15) is 17.3 Å². The summed E-state index contributed by atoms with van der Waals surface area (Å²) in [5, 5.41) is 2.23. The summed E-state index contributed by atoms with van der Waals surface area (Å²) >= 11 is 0. The maximum atomic E-state index is 13.6. The first kappa shape index (κ1) is 17.3. The van der Waals surface area contributed by atoms with Crippen LogP contribution in [-0.2, 0) is 0 Å². The van der Waals surface area contributed by atoms with Gasteiger partial charge in [-0.25, -0.2) is 18.7 Å². The normalized spacial score (nSPS) is 17.4. The van der Waals surface area contributed by atoms with Crippen molar-refractivity contribution in [2.75, 3.05) is 16.8 Å². The second-order valence-electron chi connectivity index (χ2n) is 6.07. The summed E-state index contributed by atoms with van der Waals surface area (Å²) in [5.74, 6) is -1.73. The molecule has 1 N–H and O–H groups in total. The summed E-state index contributed by atoms with van der Waals surface area (Å²) in [6.45, 7) is 3.03. The van der Waals surface area contributed by atoms with Crippen molar-refractivity contribution in [3.8, 4) is 0 Å². The number of rotatable bonds is 4. The summed E-state index contributed by atoms with van der Waals surface area (Å²) in [6.07, 6.45) is 7.18. The Morgan fingerprint density at radius 3 is 2.56 bits per heavy atom. The van der Waals surface area contributed by atoms with E-state index in [0.717, 1.165) is 37.9 Å². The lowest BCUT2D eigenvalue weighted by atomic mass is 10.0. The second-order valence-corrected chi connectivity index (χ2v) is 6.07. The number of nitrogens with one attached hydrogen (secondary N) is 1. The molecule has 1 amide bonds. The molecule has 1 aromatic heterocycles. The summed E-state index contributed by atoms with van der Waals surface area (Å²) in [5.41, 5.74) is -0.324. The average Bonchev–Trinajstić information content (AvgIpc) is 2.65. The molecule has 1 aliphatic rings. The molecule has 0 aliphatic carbocycles. The monoisotopic (exact) mass is 346 g/mol. The Hall–Kier alpha value is -2.57. The maximum Gasteiger partial charge on any atom is 0.258 e. The third-order valence-electron chi connectivity index (χ3n) is 4.46. The van der Waals surface area contributed by atoms with Gasteiger partial charge >= 0.3 is 0 Å². The van der Waals surface area contributed by atoms with E-state index >= 15 is 0 Å². The fourth-order valence-corrected chi connectivity index (χ4v) is 3.08. The van der Waals surface area contributed by atoms with E-state index in [1.54, 1.807) is 0 Å². The molecule has 25 heavy (non-hydrogen) atoms. The molecule has 2 aromatic rings. The van der Waals surface area contributed by atoms with Crippen molar-refractivity contribution in [2.45, 2.75) is 38.6 Å². The Morgan fingerprint density at radius 2 is 1.92 bits per heavy atom. The number of para-hydroxylation sites is 1. The first-order valence-corrected chi connectivity index (χ1v) is 8.44. The van der Waals surface area contributed by atoms with Crippen LogP contribution in [0, 0.1) is 11.6 Å². The van der Waals surface area contributed by atoms with Gasteiger partial charge in [-0.1, -0.05) is 13.0 Å². The molecule has 132 valence electrons. The van der Waals surface area contributed by atoms with Crippen LogP contribution in [0.4, 0.5) is 20.4 Å². The van der Waals surface area contributed by atoms with Gasteiger partial charge in [0.05, 0.1) is 5.56 Å². The van der Waals surface area contributed by atoms with Crippen LogP contribution < -0.4 is 10.2 Å². The highest BCUT2D eigenvalue weighted by Crippen LogP contribution is 2.24. The fraction of sp³-hybridized carbons (Fsp3) is 0.389. The van der Waals surface area contributed by atoms with Crippen LogP contribution in [0.25, 0.3) is 0 Å². The molecule has 1 fully saturated rings. The van der Waals surface area contributed by atoms with Crippen LogP contribution in [0.15, 0.2) is 30.6 Å². The van der Waals surface area contributed by atoms with Crippen LogP contribution in [0.5, 0.6) is 0 Å². The van der Waals surface area contributed by atoms with Gasteiger partial charge in [-0.2, -0.15) is 0 Å². The number of nitrogens with zero attached hydrogens (tertiary/aromatic N) is 3. The zero-order valence-corrected chi connectivity index (χ0v) is 14.0. The summed E-state index contributed by atoms with van der Waals surface area (Å²) in [4.78, 5) is 22.9. The number of amides is 1. The van der Waals surface area contributed by atoms with Crippen molar-refractivity contribution in [1.82, 2.24) is 9.97 Å². The fourth-order valence-electron chi connectivity index (χ4n) is 3.08. The Bertz CT molecular complexity index is 731. The van der Waals surface area contributed by atoms with Crippen LogP contribution in [0.1, 0.15) is 43.0 Å². The standard InChI is InChI=1S/C18H20F2N4O/c1-2-13-6-3-4-9-24(13)18-21-10-12(11-22-18)17(25)23-16-14(19)7-5-8-15(16)20/h5,7-8,10-11,13H,2-4,6,9H2,1H3,(H,23,25). The Kier molecular flexibility index (Phi) is 5.21. The molecular weight excluding hydrogens is 326 g/mol. The predicted molar refractivity (Wildman–Crippen MR) is 91.6 cm³/mol. The number of carbonyl (C=O) groups is 1. The number of hydrogen-bond donors (Lipinski definition) is 1. The highest BCUT2D eigenvalue weighted by molar-refractivity contribution is 6.04. The number of aromatic nitrogens is 2. The Labute approximate surface area is 145 Å². The Morgan fingerprint density at radius 1 is 1.24 bits per heavy atom. The zero-order chi connectivity index (χ0) is 17.8. The zero-order valence-electron chi connectivity index (χ0n) is 14.0. The van der Waals surface area contributed by atoms with Gasteiger partial charge in [-0.15, -0.1) is 0 Å². The van der Waals surface area contributed by atoms with Gasteiger partial charge < -0.3 is 10.2 Å². The summed E-state index contributed by atoms with van der Waals surface area (Å²) < 4.78 is 27.2. The largest absolute Gasteiger partial charge is 0.338 e. The molecule has 2 heterocycles. The molecule has 0 radical (unpaired) electrons. The van der Waals surface area contributed by atoms with Crippen molar-refractivity contribution in [3.63, 3.8) is 0 Å². The molecule has 3 rings (SSSR count). The quantitative estimate of drug-likeness (QED) is 0.915.